The number of nitrogens with one attached hydrogen (secondary N) is 1. The Morgan fingerprint density at radius 1 is 1.11 bits per heavy atom. The molecule has 2 rings (SSSR count). The summed E-state index contributed by atoms with van der Waals surface area (Å²) in [6.45, 7) is 8.47. The van der Waals surface area contributed by atoms with Crippen molar-refractivity contribution < 1.29 is 0 Å². The quantitative estimate of drug-likeness (QED) is 0.860. The summed E-state index contributed by atoms with van der Waals surface area (Å²) in [6.07, 6.45) is 5.17. The van der Waals surface area contributed by atoms with Gasteiger partial charge in [-0.1, -0.05) is 31.2 Å². The predicted octanol–water partition coefficient (Wildman–Crippen LogP) is 4.07. The number of H-pyrrole nitrogens is 1. The molecule has 0 bridgehead atoms. The molecule has 2 nitrogen and oxygen atoms in total. The van der Waals surface area contributed by atoms with Gasteiger partial charge in [0.25, 0.3) is 0 Å². The van der Waals surface area contributed by atoms with E-state index in [-0.39, 0.29) is 0 Å². The lowest BCUT2D eigenvalue weighted by Gasteiger charge is -2.03. The van der Waals surface area contributed by atoms with Crippen molar-refractivity contribution in [1.82, 2.24) is 9.97 Å². The summed E-state index contributed by atoms with van der Waals surface area (Å²) in [7, 11) is 0. The van der Waals surface area contributed by atoms with Crippen LogP contribution in [0, 0.1) is 20.8 Å². The molecular weight excluding hydrogens is 220 g/mol. The van der Waals surface area contributed by atoms with E-state index in [2.05, 4.69) is 68.0 Å². The number of hydrogen-bond acceptors (Lipinski definition) is 1. The Bertz CT molecular complexity index is 557. The van der Waals surface area contributed by atoms with Crippen LogP contribution in [0.25, 0.3) is 12.2 Å². The number of benzene rings is 1. The molecule has 0 saturated carbocycles. The minimum atomic E-state index is 0.937. The number of hydrogen-bond donors (Lipinski definition) is 1. The lowest BCUT2D eigenvalue weighted by Crippen LogP contribution is -1.85. The van der Waals surface area contributed by atoms with E-state index in [1.807, 2.05) is 0 Å². The Morgan fingerprint density at radius 2 is 1.78 bits per heavy atom. The molecule has 94 valence electrons. The van der Waals surface area contributed by atoms with E-state index in [4.69, 9.17) is 0 Å². The van der Waals surface area contributed by atoms with Crippen LogP contribution >= 0.6 is 0 Å². The van der Waals surface area contributed by atoms with Crippen molar-refractivity contribution in [3.05, 3.63) is 52.1 Å². The van der Waals surface area contributed by atoms with Crippen molar-refractivity contribution in [3.63, 3.8) is 0 Å². The van der Waals surface area contributed by atoms with Crippen LogP contribution in [0.2, 0.25) is 0 Å². The average molecular weight is 240 g/mol. The van der Waals surface area contributed by atoms with Crippen LogP contribution in [0.4, 0.5) is 0 Å². The summed E-state index contributed by atoms with van der Waals surface area (Å²) in [5.74, 6) is 0.937. The van der Waals surface area contributed by atoms with Gasteiger partial charge in [-0.2, -0.15) is 0 Å². The molecule has 0 saturated heterocycles. The van der Waals surface area contributed by atoms with Gasteiger partial charge < -0.3 is 4.98 Å². The number of nitrogens with zero attached hydrogens (tertiary/aromatic N) is 1. The van der Waals surface area contributed by atoms with Gasteiger partial charge in [-0.3, -0.25) is 0 Å². The van der Waals surface area contributed by atoms with Crippen LogP contribution in [-0.2, 0) is 6.42 Å². The molecule has 0 aliphatic heterocycles. The molecule has 1 aromatic carbocycles. The third-order valence-corrected chi connectivity index (χ3v) is 3.29. The van der Waals surface area contributed by atoms with Crippen LogP contribution < -0.4 is 0 Å². The first-order valence-corrected chi connectivity index (χ1v) is 6.41. The maximum atomic E-state index is 4.56. The van der Waals surface area contributed by atoms with Crippen molar-refractivity contribution >= 4 is 12.2 Å². The zero-order chi connectivity index (χ0) is 13.1. The highest BCUT2D eigenvalue weighted by molar-refractivity contribution is 5.70. The summed E-state index contributed by atoms with van der Waals surface area (Å²) in [5.41, 5.74) is 6.19. The fourth-order valence-corrected chi connectivity index (χ4v) is 2.20. The summed E-state index contributed by atoms with van der Waals surface area (Å²) < 4.78 is 0. The van der Waals surface area contributed by atoms with Crippen molar-refractivity contribution in [2.24, 2.45) is 0 Å². The molecule has 0 fully saturated rings. The van der Waals surface area contributed by atoms with Gasteiger partial charge in [0.2, 0.25) is 0 Å². The van der Waals surface area contributed by atoms with Crippen LogP contribution in [0.5, 0.6) is 0 Å². The number of imidazole rings is 1. The van der Waals surface area contributed by atoms with E-state index in [0.29, 0.717) is 0 Å². The van der Waals surface area contributed by atoms with Crippen molar-refractivity contribution in [2.75, 3.05) is 0 Å². The smallest absolute Gasteiger partial charge is 0.130 e. The third-order valence-electron chi connectivity index (χ3n) is 3.29. The fraction of sp³-hybridized carbons (Fsp3) is 0.312. The fourth-order valence-electron chi connectivity index (χ4n) is 2.20. The van der Waals surface area contributed by atoms with E-state index in [1.54, 1.807) is 0 Å². The van der Waals surface area contributed by atoms with E-state index in [1.165, 1.54) is 22.4 Å². The monoisotopic (exact) mass is 240 g/mol. The largest absolute Gasteiger partial charge is 0.342 e. The lowest BCUT2D eigenvalue weighted by molar-refractivity contribution is 1.04. The zero-order valence-corrected chi connectivity index (χ0v) is 11.5. The zero-order valence-electron chi connectivity index (χ0n) is 11.5. The molecule has 0 aliphatic rings. The number of aryl methyl sites for hydroxylation is 4. The second-order valence-corrected chi connectivity index (χ2v) is 4.69. The minimum Gasteiger partial charge on any atom is -0.342 e. The lowest BCUT2D eigenvalue weighted by atomic mass is 10.0. The molecule has 0 spiro atoms. The van der Waals surface area contributed by atoms with Gasteiger partial charge in [0, 0.05) is 5.69 Å². The Balaban J connectivity index is 2.30. The first-order chi connectivity index (χ1) is 8.61. The molecule has 1 aromatic heterocycles. The van der Waals surface area contributed by atoms with E-state index in [0.717, 1.165) is 17.9 Å². The van der Waals surface area contributed by atoms with Crippen molar-refractivity contribution in [3.8, 4) is 0 Å². The summed E-state index contributed by atoms with van der Waals surface area (Å²) >= 11 is 0. The number of rotatable bonds is 3. The standard InChI is InChI=1S/C16H20N2/c1-5-15-13(4)17-16(18-15)10-9-14-11(2)7-6-8-12(14)3/h6-10H,5H2,1-4H3,(H,17,18)/b10-9+. The average Bonchev–Trinajstić information content (AvgIpc) is 2.69. The van der Waals surface area contributed by atoms with Gasteiger partial charge in [0.1, 0.15) is 5.82 Å². The summed E-state index contributed by atoms with van der Waals surface area (Å²) in [6, 6.07) is 6.36. The Hall–Kier alpha value is -1.83. The van der Waals surface area contributed by atoms with Crippen LogP contribution in [0.15, 0.2) is 18.2 Å². The molecule has 1 N–H and O–H groups in total. The van der Waals surface area contributed by atoms with Gasteiger partial charge in [0.15, 0.2) is 0 Å². The van der Waals surface area contributed by atoms with Crippen LogP contribution in [-0.4, -0.2) is 9.97 Å². The van der Waals surface area contributed by atoms with E-state index >= 15 is 0 Å². The third kappa shape index (κ3) is 2.53. The Kier molecular flexibility index (Phi) is 3.66. The normalized spacial score (nSPS) is 11.3. The van der Waals surface area contributed by atoms with E-state index < -0.39 is 0 Å². The molecule has 1 heterocycles. The van der Waals surface area contributed by atoms with Crippen molar-refractivity contribution in [2.45, 2.75) is 34.1 Å². The minimum absolute atomic E-state index is 0.937. The Labute approximate surface area is 109 Å². The predicted molar refractivity (Wildman–Crippen MR) is 77.5 cm³/mol. The number of aromatic nitrogens is 2. The highest BCUT2D eigenvalue weighted by Crippen LogP contribution is 2.16. The first-order valence-electron chi connectivity index (χ1n) is 6.41. The van der Waals surface area contributed by atoms with Gasteiger partial charge in [-0.25, -0.2) is 4.98 Å². The SMILES string of the molecule is CCc1nc(/C=C/c2c(C)cccc2C)[nH]c1C. The first kappa shape index (κ1) is 12.6. The summed E-state index contributed by atoms with van der Waals surface area (Å²) in [4.78, 5) is 7.87. The molecule has 0 radical (unpaired) electrons. The molecule has 2 heteroatoms. The molecule has 0 atom stereocenters. The van der Waals surface area contributed by atoms with Crippen LogP contribution in [0.3, 0.4) is 0 Å². The van der Waals surface area contributed by atoms with Gasteiger partial charge in [-0.15, -0.1) is 0 Å². The van der Waals surface area contributed by atoms with Crippen LogP contribution in [0.1, 0.15) is 40.8 Å². The second-order valence-electron chi connectivity index (χ2n) is 4.69. The maximum absolute atomic E-state index is 4.56. The molecular formula is C16H20N2. The Morgan fingerprint density at radius 3 is 2.33 bits per heavy atom. The van der Waals surface area contributed by atoms with Gasteiger partial charge in [-0.05, 0) is 50.0 Å². The summed E-state index contributed by atoms with van der Waals surface area (Å²) in [5, 5.41) is 0. The molecule has 0 amide bonds. The van der Waals surface area contributed by atoms with Gasteiger partial charge in [0.05, 0.1) is 5.69 Å². The van der Waals surface area contributed by atoms with E-state index in [9.17, 15) is 0 Å². The topological polar surface area (TPSA) is 28.7 Å². The van der Waals surface area contributed by atoms with Crippen molar-refractivity contribution in [1.29, 1.82) is 0 Å². The molecule has 0 aliphatic carbocycles. The number of aromatic amines is 1. The molecule has 18 heavy (non-hydrogen) atoms. The highest BCUT2D eigenvalue weighted by Gasteiger charge is 2.02. The molecule has 2 aromatic rings. The second kappa shape index (κ2) is 5.21. The van der Waals surface area contributed by atoms with Gasteiger partial charge >= 0.3 is 0 Å². The maximum Gasteiger partial charge on any atom is 0.130 e. The molecule has 0 unspecified atom stereocenters. The highest BCUT2D eigenvalue weighted by atomic mass is 14.9.